The van der Waals surface area contributed by atoms with Crippen LogP contribution in [0.4, 0.5) is 0 Å². The molecule has 1 N–H and O–H groups in total. The van der Waals surface area contributed by atoms with Gasteiger partial charge in [-0.2, -0.15) is 0 Å². The monoisotopic (exact) mass is 392 g/mol. The van der Waals surface area contributed by atoms with Crippen molar-refractivity contribution in [3.05, 3.63) is 139 Å². The molecule has 0 atom stereocenters. The first-order valence-corrected chi connectivity index (χ1v) is 9.94. The second kappa shape index (κ2) is 7.48. The van der Waals surface area contributed by atoms with E-state index in [1.165, 1.54) is 0 Å². The first-order chi connectivity index (χ1) is 14.7. The van der Waals surface area contributed by atoms with Gasteiger partial charge in [0.25, 0.3) is 5.56 Å². The zero-order valence-corrected chi connectivity index (χ0v) is 16.3. The minimum Gasteiger partial charge on any atom is -0.296 e. The lowest BCUT2D eigenvalue weighted by Crippen LogP contribution is -2.33. The Bertz CT molecular complexity index is 1310. The first-order valence-electron chi connectivity index (χ1n) is 9.94. The van der Waals surface area contributed by atoms with Crippen LogP contribution in [0.25, 0.3) is 12.2 Å². The van der Waals surface area contributed by atoms with E-state index in [1.807, 2.05) is 54.6 Å². The second-order valence-electron chi connectivity index (χ2n) is 7.48. The third kappa shape index (κ3) is 3.22. The SMILES string of the molecule is O=c1[nH]c(=O)n(Cc2ccccc2)cc1C1c2ccccc2C=Cc2ccccc21. The lowest BCUT2D eigenvalue weighted by atomic mass is 9.83. The summed E-state index contributed by atoms with van der Waals surface area (Å²) in [6.45, 7) is 0.401. The fraction of sp³-hybridized carbons (Fsp3) is 0.0769. The molecule has 0 fully saturated rings. The molecule has 1 aliphatic rings. The molecule has 30 heavy (non-hydrogen) atoms. The highest BCUT2D eigenvalue weighted by atomic mass is 16.2. The van der Waals surface area contributed by atoms with Gasteiger partial charge in [-0.3, -0.25) is 14.3 Å². The topological polar surface area (TPSA) is 54.9 Å². The van der Waals surface area contributed by atoms with Gasteiger partial charge < -0.3 is 0 Å². The van der Waals surface area contributed by atoms with Crippen molar-refractivity contribution in [2.45, 2.75) is 12.5 Å². The van der Waals surface area contributed by atoms with Gasteiger partial charge >= 0.3 is 5.69 Å². The minimum absolute atomic E-state index is 0.265. The van der Waals surface area contributed by atoms with Gasteiger partial charge in [0, 0.05) is 17.7 Å². The van der Waals surface area contributed by atoms with Crippen LogP contribution >= 0.6 is 0 Å². The molecule has 0 unspecified atom stereocenters. The number of nitrogens with zero attached hydrogens (tertiary/aromatic N) is 1. The number of hydrogen-bond acceptors (Lipinski definition) is 2. The highest BCUT2D eigenvalue weighted by molar-refractivity contribution is 5.77. The molecule has 3 aromatic carbocycles. The number of nitrogens with one attached hydrogen (secondary N) is 1. The predicted octanol–water partition coefficient (Wildman–Crippen LogP) is 4.25. The Morgan fingerprint density at radius 3 is 1.90 bits per heavy atom. The average molecular weight is 392 g/mol. The van der Waals surface area contributed by atoms with E-state index in [2.05, 4.69) is 41.4 Å². The van der Waals surface area contributed by atoms with E-state index in [-0.39, 0.29) is 11.5 Å². The minimum atomic E-state index is -0.402. The van der Waals surface area contributed by atoms with Crippen LogP contribution in [0.15, 0.2) is 94.6 Å². The van der Waals surface area contributed by atoms with Crippen molar-refractivity contribution >= 4 is 12.2 Å². The van der Waals surface area contributed by atoms with E-state index in [9.17, 15) is 9.59 Å². The normalized spacial score (nSPS) is 12.8. The molecule has 0 spiro atoms. The molecule has 0 aliphatic heterocycles. The van der Waals surface area contributed by atoms with Crippen LogP contribution in [0.3, 0.4) is 0 Å². The van der Waals surface area contributed by atoms with Crippen molar-refractivity contribution in [2.24, 2.45) is 0 Å². The van der Waals surface area contributed by atoms with E-state index in [1.54, 1.807) is 10.8 Å². The van der Waals surface area contributed by atoms with Crippen LogP contribution < -0.4 is 11.2 Å². The van der Waals surface area contributed by atoms with Crippen molar-refractivity contribution in [2.75, 3.05) is 0 Å². The smallest absolute Gasteiger partial charge is 0.296 e. The van der Waals surface area contributed by atoms with E-state index < -0.39 is 5.69 Å². The Hall–Kier alpha value is -3.92. The largest absolute Gasteiger partial charge is 0.328 e. The number of rotatable bonds is 3. The molecule has 4 heteroatoms. The van der Waals surface area contributed by atoms with Gasteiger partial charge in [-0.15, -0.1) is 0 Å². The predicted molar refractivity (Wildman–Crippen MR) is 120 cm³/mol. The van der Waals surface area contributed by atoms with Gasteiger partial charge in [0.2, 0.25) is 0 Å². The summed E-state index contributed by atoms with van der Waals surface area (Å²) in [5.41, 5.74) is 5.05. The van der Waals surface area contributed by atoms with Crippen molar-refractivity contribution in [1.82, 2.24) is 9.55 Å². The summed E-state index contributed by atoms with van der Waals surface area (Å²) in [5, 5.41) is 0. The third-order valence-electron chi connectivity index (χ3n) is 5.60. The summed E-state index contributed by atoms with van der Waals surface area (Å²) >= 11 is 0. The van der Waals surface area contributed by atoms with Crippen LogP contribution in [-0.4, -0.2) is 9.55 Å². The highest BCUT2D eigenvalue weighted by Crippen LogP contribution is 2.37. The van der Waals surface area contributed by atoms with Crippen LogP contribution in [0, 0.1) is 0 Å². The molecule has 4 nitrogen and oxygen atoms in total. The molecule has 0 bridgehead atoms. The molecule has 1 heterocycles. The van der Waals surface area contributed by atoms with Crippen LogP contribution in [0.2, 0.25) is 0 Å². The molecule has 0 saturated carbocycles. The Balaban J connectivity index is 1.72. The zero-order valence-electron chi connectivity index (χ0n) is 16.3. The summed E-state index contributed by atoms with van der Waals surface area (Å²) in [5.74, 6) is -0.265. The number of benzene rings is 3. The summed E-state index contributed by atoms with van der Waals surface area (Å²) in [6.07, 6.45) is 5.89. The van der Waals surface area contributed by atoms with Gasteiger partial charge in [0.1, 0.15) is 0 Å². The molecule has 0 amide bonds. The molecular weight excluding hydrogens is 372 g/mol. The molecule has 0 saturated heterocycles. The van der Waals surface area contributed by atoms with Crippen molar-refractivity contribution in [3.63, 3.8) is 0 Å². The lowest BCUT2D eigenvalue weighted by molar-refractivity contribution is 0.701. The van der Waals surface area contributed by atoms with Crippen LogP contribution in [-0.2, 0) is 6.54 Å². The van der Waals surface area contributed by atoms with Crippen molar-refractivity contribution < 1.29 is 0 Å². The van der Waals surface area contributed by atoms with E-state index in [4.69, 9.17) is 0 Å². The maximum atomic E-state index is 13.0. The van der Waals surface area contributed by atoms with E-state index >= 15 is 0 Å². The summed E-state index contributed by atoms with van der Waals surface area (Å²) in [4.78, 5) is 28.1. The average Bonchev–Trinajstić information content (AvgIpc) is 2.94. The Kier molecular flexibility index (Phi) is 4.52. The molecule has 1 aliphatic carbocycles. The lowest BCUT2D eigenvalue weighted by Gasteiger charge is -2.21. The number of H-pyrrole nitrogens is 1. The Morgan fingerprint density at radius 1 is 0.700 bits per heavy atom. The number of aromatic amines is 1. The summed E-state index contributed by atoms with van der Waals surface area (Å²) in [6, 6.07) is 25.9. The summed E-state index contributed by atoms with van der Waals surface area (Å²) < 4.78 is 1.58. The quantitative estimate of drug-likeness (QED) is 0.499. The van der Waals surface area contributed by atoms with Gasteiger partial charge in [-0.25, -0.2) is 4.79 Å². The number of aromatic nitrogens is 2. The Morgan fingerprint density at radius 2 is 1.27 bits per heavy atom. The van der Waals surface area contributed by atoms with Crippen LogP contribution in [0.5, 0.6) is 0 Å². The second-order valence-corrected chi connectivity index (χ2v) is 7.48. The van der Waals surface area contributed by atoms with Crippen molar-refractivity contribution in [3.8, 4) is 0 Å². The molecule has 4 aromatic rings. The zero-order chi connectivity index (χ0) is 20.5. The standard InChI is InChI=1S/C26H20N2O2/c29-25-23(17-28(26(30)27-25)16-18-8-2-1-3-9-18)24-21-12-6-4-10-19(21)14-15-20-11-5-7-13-22(20)24/h1-15,17,24H,16H2,(H,27,29,30). The highest BCUT2D eigenvalue weighted by Gasteiger charge is 2.26. The fourth-order valence-electron chi connectivity index (χ4n) is 4.16. The van der Waals surface area contributed by atoms with Crippen LogP contribution in [0.1, 0.15) is 39.3 Å². The molecule has 0 radical (unpaired) electrons. The van der Waals surface area contributed by atoms with Crippen molar-refractivity contribution in [1.29, 1.82) is 0 Å². The maximum absolute atomic E-state index is 13.0. The number of hydrogen-bond donors (Lipinski definition) is 1. The van der Waals surface area contributed by atoms with Gasteiger partial charge in [0.15, 0.2) is 0 Å². The molecular formula is C26H20N2O2. The molecule has 1 aromatic heterocycles. The van der Waals surface area contributed by atoms with E-state index in [0.717, 1.165) is 27.8 Å². The van der Waals surface area contributed by atoms with E-state index in [0.29, 0.717) is 12.1 Å². The first kappa shape index (κ1) is 18.1. The fourth-order valence-corrected chi connectivity index (χ4v) is 4.16. The maximum Gasteiger partial charge on any atom is 0.328 e. The van der Waals surface area contributed by atoms with Gasteiger partial charge in [0.05, 0.1) is 6.54 Å². The van der Waals surface area contributed by atoms with Gasteiger partial charge in [-0.1, -0.05) is 91.0 Å². The summed E-state index contributed by atoms with van der Waals surface area (Å²) in [7, 11) is 0. The number of fused-ring (bicyclic) bond motifs is 2. The molecule has 146 valence electrons. The Labute approximate surface area is 173 Å². The third-order valence-corrected chi connectivity index (χ3v) is 5.60. The van der Waals surface area contributed by atoms with Gasteiger partial charge in [-0.05, 0) is 27.8 Å². The molecule has 5 rings (SSSR count).